The zero-order chi connectivity index (χ0) is 14.6. The topological polar surface area (TPSA) is 88.3 Å². The van der Waals surface area contributed by atoms with Gasteiger partial charge in [0.1, 0.15) is 0 Å². The van der Waals surface area contributed by atoms with Crippen molar-refractivity contribution in [1.82, 2.24) is 4.98 Å². The van der Waals surface area contributed by atoms with Gasteiger partial charge in [-0.05, 0) is 28.8 Å². The van der Waals surface area contributed by atoms with Crippen molar-refractivity contribution in [3.8, 4) is 0 Å². The summed E-state index contributed by atoms with van der Waals surface area (Å²) in [7, 11) is 0. The van der Waals surface area contributed by atoms with Gasteiger partial charge in [-0.2, -0.15) is 0 Å². The monoisotopic (exact) mass is 343 g/mol. The molecule has 1 aromatic heterocycles. The smallest absolute Gasteiger partial charge is 0.312 e. The first-order chi connectivity index (χ1) is 9.50. The Labute approximate surface area is 125 Å². The summed E-state index contributed by atoms with van der Waals surface area (Å²) in [6, 6.07) is 1.41. The fourth-order valence-electron chi connectivity index (χ4n) is 2.52. The number of rotatable bonds is 4. The first kappa shape index (κ1) is 15.2. The molecule has 0 aliphatic heterocycles. The predicted molar refractivity (Wildman–Crippen MR) is 79.7 cm³/mol. The van der Waals surface area contributed by atoms with Gasteiger partial charge in [-0.25, -0.2) is 4.98 Å². The molecule has 0 spiro atoms. The summed E-state index contributed by atoms with van der Waals surface area (Å²) in [6.45, 7) is 0.294. The maximum Gasteiger partial charge on any atom is 0.312 e. The van der Waals surface area contributed by atoms with Crippen LogP contribution in [0.1, 0.15) is 38.5 Å². The highest BCUT2D eigenvalue weighted by Gasteiger charge is 2.29. The molecule has 0 saturated heterocycles. The van der Waals surface area contributed by atoms with Gasteiger partial charge in [-0.15, -0.1) is 0 Å². The average Bonchev–Trinajstić information content (AvgIpc) is 2.62. The number of aliphatic hydroxyl groups is 1. The van der Waals surface area contributed by atoms with E-state index in [4.69, 9.17) is 0 Å². The van der Waals surface area contributed by atoms with Gasteiger partial charge >= 0.3 is 5.69 Å². The zero-order valence-electron chi connectivity index (χ0n) is 11.1. The number of hydrogen-bond donors (Lipinski definition) is 2. The molecule has 2 N–H and O–H groups in total. The summed E-state index contributed by atoms with van der Waals surface area (Å²) < 4.78 is 0.558. The van der Waals surface area contributed by atoms with Crippen LogP contribution in [-0.4, -0.2) is 27.2 Å². The number of pyridine rings is 1. The second-order valence-electron chi connectivity index (χ2n) is 5.27. The van der Waals surface area contributed by atoms with Crippen molar-refractivity contribution in [1.29, 1.82) is 0 Å². The van der Waals surface area contributed by atoms with E-state index in [2.05, 4.69) is 26.2 Å². The molecule has 2 rings (SSSR count). The van der Waals surface area contributed by atoms with Crippen LogP contribution in [0.3, 0.4) is 0 Å². The highest BCUT2D eigenvalue weighted by molar-refractivity contribution is 9.10. The zero-order valence-corrected chi connectivity index (χ0v) is 12.7. The maximum atomic E-state index is 11.0. The Morgan fingerprint density at radius 3 is 2.65 bits per heavy atom. The Bertz CT molecular complexity index is 488. The van der Waals surface area contributed by atoms with E-state index in [0.29, 0.717) is 11.0 Å². The minimum Gasteiger partial charge on any atom is -0.388 e. The number of nitrogens with zero attached hydrogens (tertiary/aromatic N) is 2. The van der Waals surface area contributed by atoms with Gasteiger partial charge < -0.3 is 10.4 Å². The van der Waals surface area contributed by atoms with Crippen LogP contribution in [0.4, 0.5) is 11.5 Å². The van der Waals surface area contributed by atoms with E-state index >= 15 is 0 Å². The lowest BCUT2D eigenvalue weighted by Gasteiger charge is -2.26. The molecule has 0 radical (unpaired) electrons. The first-order valence-corrected chi connectivity index (χ1v) is 7.56. The minimum atomic E-state index is -0.793. The highest BCUT2D eigenvalue weighted by Crippen LogP contribution is 2.29. The summed E-state index contributed by atoms with van der Waals surface area (Å²) in [6.07, 6.45) is 7.22. The van der Waals surface area contributed by atoms with E-state index in [1.807, 2.05) is 0 Å². The highest BCUT2D eigenvalue weighted by atomic mass is 79.9. The van der Waals surface area contributed by atoms with E-state index in [-0.39, 0.29) is 11.5 Å². The van der Waals surface area contributed by atoms with E-state index in [1.165, 1.54) is 12.3 Å². The molecule has 110 valence electrons. The number of aromatic nitrogens is 1. The summed E-state index contributed by atoms with van der Waals surface area (Å²) >= 11 is 3.17. The summed E-state index contributed by atoms with van der Waals surface area (Å²) in [5.74, 6) is 0.205. The van der Waals surface area contributed by atoms with Crippen LogP contribution in [-0.2, 0) is 0 Å². The van der Waals surface area contributed by atoms with E-state index in [0.717, 1.165) is 38.5 Å². The van der Waals surface area contributed by atoms with E-state index < -0.39 is 10.5 Å². The molecule has 0 aromatic carbocycles. The molecule has 20 heavy (non-hydrogen) atoms. The Kier molecular flexibility index (Phi) is 4.93. The van der Waals surface area contributed by atoms with Gasteiger partial charge in [0.2, 0.25) is 5.82 Å². The Hall–Kier alpha value is -1.21. The normalized spacial score (nSPS) is 18.3. The van der Waals surface area contributed by atoms with Gasteiger partial charge in [0.05, 0.1) is 10.5 Å². The van der Waals surface area contributed by atoms with E-state index in [9.17, 15) is 15.2 Å². The van der Waals surface area contributed by atoms with Gasteiger partial charge in [0.15, 0.2) is 0 Å². The van der Waals surface area contributed by atoms with Gasteiger partial charge in [0.25, 0.3) is 0 Å². The summed E-state index contributed by atoms with van der Waals surface area (Å²) in [4.78, 5) is 14.6. The molecule has 6 nitrogen and oxygen atoms in total. The lowest BCUT2D eigenvalue weighted by molar-refractivity contribution is -0.384. The molecule has 1 aromatic rings. The molecule has 1 aliphatic carbocycles. The molecule has 1 aliphatic rings. The van der Waals surface area contributed by atoms with Crippen LogP contribution in [0.25, 0.3) is 0 Å². The largest absolute Gasteiger partial charge is 0.388 e. The van der Waals surface area contributed by atoms with Crippen molar-refractivity contribution in [2.45, 2.75) is 44.1 Å². The van der Waals surface area contributed by atoms with Crippen LogP contribution in [0.15, 0.2) is 16.7 Å². The molecular formula is C13H18BrN3O3. The van der Waals surface area contributed by atoms with Gasteiger partial charge in [-0.3, -0.25) is 10.1 Å². The Morgan fingerprint density at radius 2 is 2.05 bits per heavy atom. The van der Waals surface area contributed by atoms with Gasteiger partial charge in [-0.1, -0.05) is 25.7 Å². The van der Waals surface area contributed by atoms with E-state index in [1.54, 1.807) is 0 Å². The third-order valence-corrected chi connectivity index (χ3v) is 4.08. The van der Waals surface area contributed by atoms with Crippen molar-refractivity contribution in [3.63, 3.8) is 0 Å². The number of halogens is 1. The lowest BCUT2D eigenvalue weighted by atomic mass is 9.94. The average molecular weight is 344 g/mol. The van der Waals surface area contributed by atoms with Gasteiger partial charge in [0, 0.05) is 23.3 Å². The number of anilines is 1. The Morgan fingerprint density at radius 1 is 1.40 bits per heavy atom. The van der Waals surface area contributed by atoms with Crippen molar-refractivity contribution in [3.05, 3.63) is 26.9 Å². The molecule has 7 heteroatoms. The van der Waals surface area contributed by atoms with Crippen LogP contribution < -0.4 is 5.32 Å². The third kappa shape index (κ3) is 3.89. The molecule has 0 unspecified atom stereocenters. The fourth-order valence-corrected chi connectivity index (χ4v) is 2.83. The molecular weight excluding hydrogens is 326 g/mol. The first-order valence-electron chi connectivity index (χ1n) is 6.76. The summed E-state index contributed by atoms with van der Waals surface area (Å²) in [5, 5.41) is 24.5. The van der Waals surface area contributed by atoms with Crippen molar-refractivity contribution < 1.29 is 10.0 Å². The van der Waals surface area contributed by atoms with Crippen molar-refractivity contribution in [2.24, 2.45) is 0 Å². The second kappa shape index (κ2) is 6.49. The number of nitrogens with one attached hydrogen (secondary N) is 1. The quantitative estimate of drug-likeness (QED) is 0.497. The number of hydrogen-bond acceptors (Lipinski definition) is 5. The van der Waals surface area contributed by atoms with Crippen LogP contribution in [0.5, 0.6) is 0 Å². The fraction of sp³-hybridized carbons (Fsp3) is 0.615. The molecule has 0 atom stereocenters. The van der Waals surface area contributed by atoms with Crippen molar-refractivity contribution >= 4 is 27.4 Å². The minimum absolute atomic E-state index is 0.0865. The SMILES string of the molecule is O=[N+]([O-])c1cc(Br)cnc1NCC1(O)CCCCCC1. The molecule has 1 heterocycles. The molecule has 1 saturated carbocycles. The standard InChI is InChI=1S/C13H18BrN3O3/c14-10-7-11(17(19)20)12(15-8-10)16-9-13(18)5-3-1-2-4-6-13/h7-8,18H,1-6,9H2,(H,15,16). The second-order valence-corrected chi connectivity index (χ2v) is 6.19. The maximum absolute atomic E-state index is 11.0. The molecule has 1 fully saturated rings. The lowest BCUT2D eigenvalue weighted by Crippen LogP contribution is -2.36. The third-order valence-electron chi connectivity index (χ3n) is 3.65. The number of nitro groups is 1. The summed E-state index contributed by atoms with van der Waals surface area (Å²) in [5.41, 5.74) is -0.879. The van der Waals surface area contributed by atoms with Crippen molar-refractivity contribution in [2.75, 3.05) is 11.9 Å². The molecule has 0 amide bonds. The molecule has 0 bridgehead atoms. The predicted octanol–water partition coefficient (Wildman–Crippen LogP) is 3.25. The Balaban J connectivity index is 2.08. The van der Waals surface area contributed by atoms with Crippen LogP contribution in [0.2, 0.25) is 0 Å². The van der Waals surface area contributed by atoms with Crippen LogP contribution in [0, 0.1) is 10.1 Å². The van der Waals surface area contributed by atoms with Crippen LogP contribution >= 0.6 is 15.9 Å².